The topological polar surface area (TPSA) is 57.8 Å². The van der Waals surface area contributed by atoms with Crippen LogP contribution in [0.2, 0.25) is 0 Å². The molecular formula is C14H10BrN3O. The Kier molecular flexibility index (Phi) is 3.05. The van der Waals surface area contributed by atoms with Crippen LogP contribution in [0.3, 0.4) is 0 Å². The van der Waals surface area contributed by atoms with Gasteiger partial charge in [0.15, 0.2) is 5.69 Å². The molecule has 3 aromatic rings. The number of halogens is 1. The van der Waals surface area contributed by atoms with Crippen LogP contribution < -0.4 is 5.32 Å². The van der Waals surface area contributed by atoms with Crippen molar-refractivity contribution in [1.82, 2.24) is 10.2 Å². The molecule has 4 nitrogen and oxygen atoms in total. The fourth-order valence-electron chi connectivity index (χ4n) is 1.87. The lowest BCUT2D eigenvalue weighted by atomic mass is 10.2. The van der Waals surface area contributed by atoms with E-state index in [1.54, 1.807) is 0 Å². The van der Waals surface area contributed by atoms with Gasteiger partial charge in [0.05, 0.1) is 5.52 Å². The molecule has 0 aliphatic heterocycles. The zero-order valence-electron chi connectivity index (χ0n) is 9.85. The lowest BCUT2D eigenvalue weighted by molar-refractivity contribution is 0.102. The maximum absolute atomic E-state index is 12.2. The van der Waals surface area contributed by atoms with Gasteiger partial charge in [0.2, 0.25) is 0 Å². The highest BCUT2D eigenvalue weighted by molar-refractivity contribution is 9.10. The van der Waals surface area contributed by atoms with Crippen LogP contribution in [0, 0.1) is 0 Å². The molecule has 0 saturated heterocycles. The molecule has 3 rings (SSSR count). The SMILES string of the molecule is O=C(Nc1ccccc1)c1n[nH]c2ccc(Br)cc12. The minimum atomic E-state index is -0.226. The Morgan fingerprint density at radius 3 is 2.74 bits per heavy atom. The van der Waals surface area contributed by atoms with Crippen LogP contribution in [-0.2, 0) is 0 Å². The van der Waals surface area contributed by atoms with E-state index < -0.39 is 0 Å². The maximum Gasteiger partial charge on any atom is 0.276 e. The monoisotopic (exact) mass is 315 g/mol. The summed E-state index contributed by atoms with van der Waals surface area (Å²) in [6.45, 7) is 0. The summed E-state index contributed by atoms with van der Waals surface area (Å²) in [5.74, 6) is -0.226. The average Bonchev–Trinajstić information content (AvgIpc) is 2.82. The van der Waals surface area contributed by atoms with Crippen LogP contribution in [0.1, 0.15) is 10.5 Å². The van der Waals surface area contributed by atoms with Crippen LogP contribution in [-0.4, -0.2) is 16.1 Å². The minimum Gasteiger partial charge on any atom is -0.321 e. The standard InChI is InChI=1S/C14H10BrN3O/c15-9-6-7-12-11(8-9)13(18-17-12)14(19)16-10-4-2-1-3-5-10/h1-8H,(H,16,19)(H,17,18). The van der Waals surface area contributed by atoms with Gasteiger partial charge in [-0.1, -0.05) is 34.1 Å². The van der Waals surface area contributed by atoms with E-state index in [1.807, 2.05) is 48.5 Å². The molecule has 1 aromatic heterocycles. The van der Waals surface area contributed by atoms with Crippen molar-refractivity contribution >= 4 is 38.4 Å². The van der Waals surface area contributed by atoms with E-state index in [2.05, 4.69) is 31.4 Å². The highest BCUT2D eigenvalue weighted by Gasteiger charge is 2.14. The number of H-pyrrole nitrogens is 1. The molecule has 94 valence electrons. The summed E-state index contributed by atoms with van der Waals surface area (Å²) in [6, 6.07) is 15.0. The second-order valence-electron chi connectivity index (χ2n) is 4.08. The summed E-state index contributed by atoms with van der Waals surface area (Å²) >= 11 is 3.39. The number of hydrogen-bond acceptors (Lipinski definition) is 2. The molecule has 2 N–H and O–H groups in total. The third kappa shape index (κ3) is 2.37. The van der Waals surface area contributed by atoms with E-state index in [4.69, 9.17) is 0 Å². The molecule has 0 atom stereocenters. The summed E-state index contributed by atoms with van der Waals surface area (Å²) in [4.78, 5) is 12.2. The predicted octanol–water partition coefficient (Wildman–Crippen LogP) is 3.58. The Morgan fingerprint density at radius 1 is 1.16 bits per heavy atom. The van der Waals surface area contributed by atoms with Gasteiger partial charge in [0.1, 0.15) is 0 Å². The first-order chi connectivity index (χ1) is 9.24. The van der Waals surface area contributed by atoms with Crippen molar-refractivity contribution in [2.75, 3.05) is 5.32 Å². The summed E-state index contributed by atoms with van der Waals surface area (Å²) in [5, 5.41) is 10.5. The first-order valence-electron chi connectivity index (χ1n) is 5.74. The quantitative estimate of drug-likeness (QED) is 0.759. The van der Waals surface area contributed by atoms with Crippen LogP contribution >= 0.6 is 15.9 Å². The number of carbonyl (C=O) groups is 1. The predicted molar refractivity (Wildman–Crippen MR) is 78.2 cm³/mol. The number of para-hydroxylation sites is 1. The Balaban J connectivity index is 1.96. The van der Waals surface area contributed by atoms with Crippen molar-refractivity contribution in [3.8, 4) is 0 Å². The number of amides is 1. The Bertz CT molecular complexity index is 737. The lowest BCUT2D eigenvalue weighted by Crippen LogP contribution is -2.12. The van der Waals surface area contributed by atoms with Crippen LogP contribution in [0.15, 0.2) is 53.0 Å². The number of aromatic amines is 1. The largest absolute Gasteiger partial charge is 0.321 e. The molecule has 0 fully saturated rings. The van der Waals surface area contributed by atoms with Crippen molar-refractivity contribution in [2.24, 2.45) is 0 Å². The summed E-state index contributed by atoms with van der Waals surface area (Å²) in [7, 11) is 0. The molecule has 0 spiro atoms. The summed E-state index contributed by atoms with van der Waals surface area (Å²) < 4.78 is 0.912. The molecule has 2 aromatic carbocycles. The second-order valence-corrected chi connectivity index (χ2v) is 5.00. The van der Waals surface area contributed by atoms with E-state index in [0.29, 0.717) is 5.69 Å². The average molecular weight is 316 g/mol. The molecule has 1 heterocycles. The minimum absolute atomic E-state index is 0.226. The molecule has 0 aliphatic carbocycles. The highest BCUT2D eigenvalue weighted by Crippen LogP contribution is 2.21. The third-order valence-corrected chi connectivity index (χ3v) is 3.26. The normalized spacial score (nSPS) is 10.6. The van der Waals surface area contributed by atoms with Crippen LogP contribution in [0.25, 0.3) is 10.9 Å². The number of nitrogens with zero attached hydrogens (tertiary/aromatic N) is 1. The van der Waals surface area contributed by atoms with E-state index in [1.165, 1.54) is 0 Å². The molecule has 5 heteroatoms. The molecule has 0 aliphatic rings. The molecule has 0 bridgehead atoms. The van der Waals surface area contributed by atoms with Gasteiger partial charge < -0.3 is 5.32 Å². The fourth-order valence-corrected chi connectivity index (χ4v) is 2.23. The number of anilines is 1. The van der Waals surface area contributed by atoms with Crippen LogP contribution in [0.5, 0.6) is 0 Å². The first kappa shape index (κ1) is 11.9. The fraction of sp³-hybridized carbons (Fsp3) is 0. The zero-order chi connectivity index (χ0) is 13.2. The number of fused-ring (bicyclic) bond motifs is 1. The van der Waals surface area contributed by atoms with Gasteiger partial charge >= 0.3 is 0 Å². The number of nitrogens with one attached hydrogen (secondary N) is 2. The number of carbonyl (C=O) groups excluding carboxylic acids is 1. The highest BCUT2D eigenvalue weighted by atomic mass is 79.9. The molecule has 0 radical (unpaired) electrons. The van der Waals surface area contributed by atoms with E-state index in [-0.39, 0.29) is 5.91 Å². The van der Waals surface area contributed by atoms with Gasteiger partial charge in [-0.15, -0.1) is 0 Å². The Morgan fingerprint density at radius 2 is 1.95 bits per heavy atom. The summed E-state index contributed by atoms with van der Waals surface area (Å²) in [5.41, 5.74) is 1.97. The molecular weight excluding hydrogens is 306 g/mol. The van der Waals surface area contributed by atoms with E-state index in [0.717, 1.165) is 21.1 Å². The van der Waals surface area contributed by atoms with Gasteiger partial charge in [0, 0.05) is 15.5 Å². The smallest absolute Gasteiger partial charge is 0.276 e. The number of hydrogen-bond donors (Lipinski definition) is 2. The van der Waals surface area contributed by atoms with Crippen LogP contribution in [0.4, 0.5) is 5.69 Å². The molecule has 0 unspecified atom stereocenters. The van der Waals surface area contributed by atoms with Gasteiger partial charge in [-0.25, -0.2) is 0 Å². The molecule has 19 heavy (non-hydrogen) atoms. The van der Waals surface area contributed by atoms with Gasteiger partial charge in [-0.3, -0.25) is 9.89 Å². The number of aromatic nitrogens is 2. The van der Waals surface area contributed by atoms with E-state index >= 15 is 0 Å². The third-order valence-electron chi connectivity index (χ3n) is 2.77. The van der Waals surface area contributed by atoms with Gasteiger partial charge in [0.25, 0.3) is 5.91 Å². The number of benzene rings is 2. The van der Waals surface area contributed by atoms with Crippen molar-refractivity contribution in [3.05, 3.63) is 58.7 Å². The van der Waals surface area contributed by atoms with Crippen molar-refractivity contribution in [3.63, 3.8) is 0 Å². The van der Waals surface area contributed by atoms with E-state index in [9.17, 15) is 4.79 Å². The second kappa shape index (κ2) is 4.85. The van der Waals surface area contributed by atoms with Gasteiger partial charge in [-0.2, -0.15) is 5.10 Å². The Labute approximate surface area is 118 Å². The Hall–Kier alpha value is -2.14. The molecule has 0 saturated carbocycles. The summed E-state index contributed by atoms with van der Waals surface area (Å²) in [6.07, 6.45) is 0. The van der Waals surface area contributed by atoms with Crippen molar-refractivity contribution < 1.29 is 4.79 Å². The lowest BCUT2D eigenvalue weighted by Gasteiger charge is -2.02. The van der Waals surface area contributed by atoms with Crippen molar-refractivity contribution in [1.29, 1.82) is 0 Å². The zero-order valence-corrected chi connectivity index (χ0v) is 11.4. The van der Waals surface area contributed by atoms with Crippen molar-refractivity contribution in [2.45, 2.75) is 0 Å². The van der Waals surface area contributed by atoms with Gasteiger partial charge in [-0.05, 0) is 30.3 Å². The molecule has 1 amide bonds. The maximum atomic E-state index is 12.2. The first-order valence-corrected chi connectivity index (χ1v) is 6.53. The number of rotatable bonds is 2.